The fourth-order valence-electron chi connectivity index (χ4n) is 2.14. The third-order valence-electron chi connectivity index (χ3n) is 3.61. The second-order valence-corrected chi connectivity index (χ2v) is 7.89. The number of amides is 2. The molecule has 0 bridgehead atoms. The summed E-state index contributed by atoms with van der Waals surface area (Å²) in [4.78, 5) is 23.5. The lowest BCUT2D eigenvalue weighted by molar-refractivity contribution is -0.148. The zero-order valence-corrected chi connectivity index (χ0v) is 18.0. The van der Waals surface area contributed by atoms with Crippen molar-refractivity contribution in [2.75, 3.05) is 24.6 Å². The quantitative estimate of drug-likeness (QED) is 0.295. The first-order chi connectivity index (χ1) is 14.8. The molecule has 2 N–H and O–H groups in total. The predicted molar refractivity (Wildman–Crippen MR) is 99.5 cm³/mol. The molecule has 2 aromatic rings. The van der Waals surface area contributed by atoms with E-state index in [9.17, 15) is 35.9 Å². The maximum Gasteiger partial charge on any atom is 0.451 e. The molecule has 2 amide bonds. The molecule has 0 unspecified atom stereocenters. The highest BCUT2D eigenvalue weighted by atomic mass is 32.2. The average Bonchev–Trinajstić information content (AvgIpc) is 3.24. The number of rotatable bonds is 9. The monoisotopic (exact) mass is 506 g/mol. The SMILES string of the molecule is Cn1c(SCC(=O)NCCNC(=O)CSc2nnc(C(F)(F)F)n2C)nnc1C(F)(F)F. The van der Waals surface area contributed by atoms with Gasteiger partial charge in [-0.2, -0.15) is 26.3 Å². The number of nitrogens with zero attached hydrogens (tertiary/aromatic N) is 6. The normalized spacial score (nSPS) is 12.1. The third-order valence-corrected chi connectivity index (χ3v) is 5.65. The van der Waals surface area contributed by atoms with Crippen molar-refractivity contribution >= 4 is 35.3 Å². The van der Waals surface area contributed by atoms with Gasteiger partial charge in [0.05, 0.1) is 11.5 Å². The van der Waals surface area contributed by atoms with Gasteiger partial charge in [-0.3, -0.25) is 9.59 Å². The highest BCUT2D eigenvalue weighted by Crippen LogP contribution is 2.30. The molecule has 2 heterocycles. The molecule has 2 aromatic heterocycles. The van der Waals surface area contributed by atoms with Gasteiger partial charge < -0.3 is 19.8 Å². The Hall–Kier alpha value is -2.50. The van der Waals surface area contributed by atoms with E-state index in [1.165, 1.54) is 0 Å². The molecular formula is C14H16F6N8O2S2. The van der Waals surface area contributed by atoms with Crippen molar-refractivity contribution in [2.45, 2.75) is 22.7 Å². The molecule has 178 valence electrons. The molecular weight excluding hydrogens is 490 g/mol. The second-order valence-electron chi connectivity index (χ2n) is 6.00. The van der Waals surface area contributed by atoms with E-state index in [0.29, 0.717) is 0 Å². The third kappa shape index (κ3) is 7.01. The van der Waals surface area contributed by atoms with Gasteiger partial charge in [-0.1, -0.05) is 23.5 Å². The summed E-state index contributed by atoms with van der Waals surface area (Å²) in [7, 11) is 2.25. The van der Waals surface area contributed by atoms with E-state index in [1.807, 2.05) is 0 Å². The number of hydrogen-bond donors (Lipinski definition) is 2. The van der Waals surface area contributed by atoms with E-state index in [1.54, 1.807) is 0 Å². The lowest BCUT2D eigenvalue weighted by Crippen LogP contribution is -2.36. The molecule has 0 aromatic carbocycles. The zero-order chi connectivity index (χ0) is 24.1. The van der Waals surface area contributed by atoms with Gasteiger partial charge in [0.1, 0.15) is 0 Å². The molecule has 0 aliphatic rings. The number of thioether (sulfide) groups is 2. The fraction of sp³-hybridized carbons (Fsp3) is 0.571. The molecule has 0 spiro atoms. The molecule has 2 rings (SSSR count). The number of halogens is 6. The molecule has 0 aliphatic heterocycles. The van der Waals surface area contributed by atoms with Gasteiger partial charge in [-0.25, -0.2) is 0 Å². The summed E-state index contributed by atoms with van der Waals surface area (Å²) in [6.07, 6.45) is -9.32. The van der Waals surface area contributed by atoms with Crippen molar-refractivity contribution in [3.63, 3.8) is 0 Å². The number of hydrogen-bond acceptors (Lipinski definition) is 8. The topological polar surface area (TPSA) is 120 Å². The summed E-state index contributed by atoms with van der Waals surface area (Å²) in [6, 6.07) is 0. The van der Waals surface area contributed by atoms with E-state index in [4.69, 9.17) is 0 Å². The molecule has 0 saturated heterocycles. The van der Waals surface area contributed by atoms with Gasteiger partial charge in [-0.15, -0.1) is 20.4 Å². The van der Waals surface area contributed by atoms with E-state index in [-0.39, 0.29) is 34.9 Å². The van der Waals surface area contributed by atoms with Crippen LogP contribution in [0.5, 0.6) is 0 Å². The van der Waals surface area contributed by atoms with Gasteiger partial charge in [0.15, 0.2) is 10.3 Å². The van der Waals surface area contributed by atoms with E-state index >= 15 is 0 Å². The summed E-state index contributed by atoms with van der Waals surface area (Å²) < 4.78 is 77.4. The van der Waals surface area contributed by atoms with Crippen LogP contribution in [-0.4, -0.2) is 65.9 Å². The first-order valence-corrected chi connectivity index (χ1v) is 10.5. The van der Waals surface area contributed by atoms with E-state index in [0.717, 1.165) is 46.8 Å². The Bertz CT molecular complexity index is 882. The van der Waals surface area contributed by atoms with Crippen LogP contribution < -0.4 is 10.6 Å². The van der Waals surface area contributed by atoms with Gasteiger partial charge in [-0.05, 0) is 0 Å². The number of carbonyl (C=O) groups excluding carboxylic acids is 2. The first kappa shape index (κ1) is 25.8. The first-order valence-electron chi connectivity index (χ1n) is 8.53. The van der Waals surface area contributed by atoms with E-state index < -0.39 is 35.8 Å². The summed E-state index contributed by atoms with van der Waals surface area (Å²) in [6.45, 7) is 0.0647. The maximum atomic E-state index is 12.7. The van der Waals surface area contributed by atoms with Crippen LogP contribution in [0.25, 0.3) is 0 Å². The van der Waals surface area contributed by atoms with Crippen molar-refractivity contribution in [3.8, 4) is 0 Å². The zero-order valence-electron chi connectivity index (χ0n) is 16.4. The molecule has 32 heavy (non-hydrogen) atoms. The largest absolute Gasteiger partial charge is 0.451 e. The summed E-state index contributed by atoms with van der Waals surface area (Å²) in [5.41, 5.74) is 0. The highest BCUT2D eigenvalue weighted by molar-refractivity contribution is 8.00. The minimum Gasteiger partial charge on any atom is -0.354 e. The van der Waals surface area contributed by atoms with Crippen molar-refractivity contribution in [2.24, 2.45) is 14.1 Å². The molecule has 0 fully saturated rings. The Morgan fingerprint density at radius 2 is 1.09 bits per heavy atom. The van der Waals surface area contributed by atoms with Gasteiger partial charge in [0.2, 0.25) is 23.5 Å². The van der Waals surface area contributed by atoms with Crippen LogP contribution in [-0.2, 0) is 36.0 Å². The highest BCUT2D eigenvalue weighted by Gasteiger charge is 2.38. The molecule has 0 saturated carbocycles. The van der Waals surface area contributed by atoms with Crippen molar-refractivity contribution in [1.82, 2.24) is 40.2 Å². The minimum atomic E-state index is -4.66. The predicted octanol–water partition coefficient (Wildman–Crippen LogP) is 1.10. The van der Waals surface area contributed by atoms with Crippen molar-refractivity contribution in [1.29, 1.82) is 0 Å². The van der Waals surface area contributed by atoms with Crippen LogP contribution in [0.3, 0.4) is 0 Å². The fourth-order valence-corrected chi connectivity index (χ4v) is 3.62. The summed E-state index contributed by atoms with van der Waals surface area (Å²) >= 11 is 1.52. The number of aromatic nitrogens is 6. The molecule has 0 atom stereocenters. The lowest BCUT2D eigenvalue weighted by atomic mass is 10.5. The van der Waals surface area contributed by atoms with Crippen molar-refractivity contribution < 1.29 is 35.9 Å². The maximum absolute atomic E-state index is 12.7. The van der Waals surface area contributed by atoms with E-state index in [2.05, 4.69) is 31.0 Å². The molecule has 0 aliphatic carbocycles. The smallest absolute Gasteiger partial charge is 0.354 e. The Kier molecular flexibility index (Phi) is 8.38. The minimum absolute atomic E-state index is 0.0323. The number of carbonyl (C=O) groups is 2. The number of nitrogens with one attached hydrogen (secondary N) is 2. The van der Waals surface area contributed by atoms with Crippen molar-refractivity contribution in [3.05, 3.63) is 11.6 Å². The molecule has 0 radical (unpaired) electrons. The van der Waals surface area contributed by atoms with Crippen LogP contribution in [0.2, 0.25) is 0 Å². The summed E-state index contributed by atoms with van der Waals surface area (Å²) in [5, 5.41) is 17.6. The Balaban J connectivity index is 1.66. The van der Waals surface area contributed by atoms with Gasteiger partial charge in [0, 0.05) is 27.2 Å². The van der Waals surface area contributed by atoms with Crippen LogP contribution in [0.15, 0.2) is 10.3 Å². The Labute approximate surface area is 184 Å². The van der Waals surface area contributed by atoms with Crippen LogP contribution in [0.1, 0.15) is 11.6 Å². The standard InChI is InChI=1S/C14H16F6N8O2S2/c1-27-9(13(15,16)17)23-25-11(27)31-5-7(29)21-3-4-22-8(30)6-32-12-26-24-10(28(12)2)14(18,19)20/h3-6H2,1-2H3,(H,21,29)(H,22,30). The summed E-state index contributed by atoms with van der Waals surface area (Å²) in [5.74, 6) is -3.82. The van der Waals surface area contributed by atoms with Crippen LogP contribution in [0.4, 0.5) is 26.3 Å². The lowest BCUT2D eigenvalue weighted by Gasteiger charge is -2.08. The van der Waals surface area contributed by atoms with Crippen LogP contribution in [0, 0.1) is 0 Å². The van der Waals surface area contributed by atoms with Crippen LogP contribution >= 0.6 is 23.5 Å². The Morgan fingerprint density at radius 1 is 0.750 bits per heavy atom. The molecule has 10 nitrogen and oxygen atoms in total. The average molecular weight is 506 g/mol. The number of alkyl halides is 6. The van der Waals surface area contributed by atoms with Gasteiger partial charge >= 0.3 is 12.4 Å². The van der Waals surface area contributed by atoms with Gasteiger partial charge in [0.25, 0.3) is 0 Å². The second kappa shape index (κ2) is 10.4. The molecule has 18 heteroatoms. The Morgan fingerprint density at radius 3 is 1.38 bits per heavy atom.